The Bertz CT molecular complexity index is 911. The summed E-state index contributed by atoms with van der Waals surface area (Å²) in [5.41, 5.74) is 3.07. The summed E-state index contributed by atoms with van der Waals surface area (Å²) in [7, 11) is 4.10. The molecule has 0 spiro atoms. The highest BCUT2D eigenvalue weighted by atomic mass is 16.3. The van der Waals surface area contributed by atoms with Crippen LogP contribution in [0.25, 0.3) is 11.0 Å². The Hall–Kier alpha value is -2.10. The van der Waals surface area contributed by atoms with Gasteiger partial charge in [-0.05, 0) is 69.5 Å². The molecule has 6 rings (SSSR count). The van der Waals surface area contributed by atoms with Crippen LogP contribution in [0.3, 0.4) is 0 Å². The first-order chi connectivity index (χ1) is 13.0. The van der Waals surface area contributed by atoms with E-state index in [0.717, 1.165) is 48.1 Å². The number of nitriles is 1. The Morgan fingerprint density at radius 2 is 2.07 bits per heavy atom. The molecule has 142 valence electrons. The fourth-order valence-electron chi connectivity index (χ4n) is 6.24. The van der Waals surface area contributed by atoms with Gasteiger partial charge in [-0.2, -0.15) is 5.26 Å². The molecule has 6 heteroatoms. The number of aromatic amines is 1. The summed E-state index contributed by atoms with van der Waals surface area (Å²) < 4.78 is 0. The third kappa shape index (κ3) is 2.72. The maximum atomic E-state index is 10.9. The fraction of sp³-hybridized carbons (Fsp3) is 0.619. The lowest BCUT2D eigenvalue weighted by Gasteiger charge is -2.58. The Balaban J connectivity index is 1.55. The van der Waals surface area contributed by atoms with Gasteiger partial charge >= 0.3 is 0 Å². The largest absolute Gasteiger partial charge is 0.390 e. The SMILES string of the molecule is CN(C)Cc1c[nH]c2ncc(C#N)c(NC3[C@@H]4CC5C[C@H]3CC(O)(C5)C4)c12. The normalized spacial score (nSPS) is 34.3. The number of nitrogens with one attached hydrogen (secondary N) is 2. The second-order valence-electron chi connectivity index (χ2n) is 9.30. The van der Waals surface area contributed by atoms with Crippen LogP contribution in [0, 0.1) is 29.1 Å². The summed E-state index contributed by atoms with van der Waals surface area (Å²) >= 11 is 0. The second kappa shape index (κ2) is 5.95. The van der Waals surface area contributed by atoms with Crippen LogP contribution < -0.4 is 5.32 Å². The van der Waals surface area contributed by atoms with E-state index < -0.39 is 5.60 Å². The number of aliphatic hydroxyl groups is 1. The number of aromatic nitrogens is 2. The van der Waals surface area contributed by atoms with Crippen molar-refractivity contribution in [3.05, 3.63) is 23.5 Å². The lowest BCUT2D eigenvalue weighted by molar-refractivity contribution is -0.129. The van der Waals surface area contributed by atoms with Gasteiger partial charge in [0.25, 0.3) is 0 Å². The third-order valence-electron chi connectivity index (χ3n) is 6.94. The molecule has 2 heterocycles. The average Bonchev–Trinajstić information content (AvgIpc) is 2.99. The first kappa shape index (κ1) is 17.0. The van der Waals surface area contributed by atoms with Gasteiger partial charge in [0.15, 0.2) is 0 Å². The highest BCUT2D eigenvalue weighted by Gasteiger charge is 2.54. The molecular formula is C21H27N5O. The van der Waals surface area contributed by atoms with E-state index >= 15 is 0 Å². The van der Waals surface area contributed by atoms with Crippen LogP contribution >= 0.6 is 0 Å². The number of H-pyrrole nitrogens is 1. The first-order valence-corrected chi connectivity index (χ1v) is 9.98. The number of rotatable bonds is 4. The van der Waals surface area contributed by atoms with Gasteiger partial charge in [-0.3, -0.25) is 0 Å². The molecular weight excluding hydrogens is 338 g/mol. The molecule has 0 radical (unpaired) electrons. The van der Waals surface area contributed by atoms with E-state index in [1.54, 1.807) is 6.20 Å². The standard InChI is InChI=1S/C21H27N5O/c1-26(2)11-16-10-24-20-17(16)19(15(8-22)9-23-20)25-18-13-3-12-4-14(18)7-21(27,5-12)6-13/h9-10,12-14,18,27H,3-7,11H2,1-2H3,(H2,23,24,25)/t12?,13-,14+,18?,21?. The van der Waals surface area contributed by atoms with E-state index in [1.165, 1.54) is 12.8 Å². The number of hydrogen-bond acceptors (Lipinski definition) is 5. The third-order valence-corrected chi connectivity index (χ3v) is 6.94. The molecule has 0 aromatic carbocycles. The van der Waals surface area contributed by atoms with Crippen molar-refractivity contribution in [1.82, 2.24) is 14.9 Å². The summed E-state index contributed by atoms with van der Waals surface area (Å²) in [5.74, 6) is 1.66. The van der Waals surface area contributed by atoms with Crippen LogP contribution in [0.1, 0.15) is 43.2 Å². The lowest BCUT2D eigenvalue weighted by atomic mass is 9.52. The molecule has 6 nitrogen and oxygen atoms in total. The van der Waals surface area contributed by atoms with Crippen molar-refractivity contribution in [2.75, 3.05) is 19.4 Å². The molecule has 4 bridgehead atoms. The summed E-state index contributed by atoms with van der Waals surface area (Å²) in [4.78, 5) is 9.85. The van der Waals surface area contributed by atoms with Crippen molar-refractivity contribution in [3.8, 4) is 6.07 Å². The average molecular weight is 365 g/mol. The van der Waals surface area contributed by atoms with Gasteiger partial charge in [0.1, 0.15) is 11.7 Å². The van der Waals surface area contributed by atoms with Gasteiger partial charge in [0, 0.05) is 30.4 Å². The van der Waals surface area contributed by atoms with Crippen molar-refractivity contribution in [2.24, 2.45) is 17.8 Å². The Morgan fingerprint density at radius 3 is 2.70 bits per heavy atom. The summed E-state index contributed by atoms with van der Waals surface area (Å²) in [6.45, 7) is 0.796. The number of fused-ring (bicyclic) bond motifs is 1. The van der Waals surface area contributed by atoms with Crippen molar-refractivity contribution in [1.29, 1.82) is 5.26 Å². The number of hydrogen-bond donors (Lipinski definition) is 3. The van der Waals surface area contributed by atoms with Crippen LogP contribution in [0.4, 0.5) is 5.69 Å². The molecule has 2 aromatic rings. The summed E-state index contributed by atoms with van der Waals surface area (Å²) in [6, 6.07) is 2.67. The molecule has 0 amide bonds. The van der Waals surface area contributed by atoms with Gasteiger partial charge in [0.05, 0.1) is 16.9 Å². The van der Waals surface area contributed by atoms with Gasteiger partial charge < -0.3 is 20.3 Å². The maximum absolute atomic E-state index is 10.9. The second-order valence-corrected chi connectivity index (χ2v) is 9.30. The molecule has 4 fully saturated rings. The van der Waals surface area contributed by atoms with Crippen LogP contribution in [-0.4, -0.2) is 45.7 Å². The van der Waals surface area contributed by atoms with E-state index in [0.29, 0.717) is 29.4 Å². The predicted molar refractivity (Wildman–Crippen MR) is 104 cm³/mol. The number of anilines is 1. The van der Waals surface area contributed by atoms with E-state index in [1.807, 2.05) is 20.3 Å². The van der Waals surface area contributed by atoms with E-state index in [9.17, 15) is 10.4 Å². The minimum atomic E-state index is -0.440. The highest BCUT2D eigenvalue weighted by Crippen LogP contribution is 2.56. The zero-order valence-electron chi connectivity index (χ0n) is 16.0. The molecule has 0 aliphatic heterocycles. The van der Waals surface area contributed by atoms with Gasteiger partial charge in [-0.25, -0.2) is 4.98 Å². The van der Waals surface area contributed by atoms with Crippen molar-refractivity contribution in [2.45, 2.75) is 50.3 Å². The smallest absolute Gasteiger partial charge is 0.139 e. The van der Waals surface area contributed by atoms with E-state index in [4.69, 9.17) is 0 Å². The van der Waals surface area contributed by atoms with E-state index in [2.05, 4.69) is 26.3 Å². The number of pyridine rings is 1. The number of nitrogens with zero attached hydrogens (tertiary/aromatic N) is 3. The molecule has 4 saturated carbocycles. The topological polar surface area (TPSA) is 88.0 Å². The lowest BCUT2D eigenvalue weighted by Crippen LogP contribution is -2.59. The molecule has 5 atom stereocenters. The van der Waals surface area contributed by atoms with Crippen LogP contribution in [-0.2, 0) is 6.54 Å². The Labute approximate surface area is 159 Å². The molecule has 0 saturated heterocycles. The van der Waals surface area contributed by atoms with E-state index in [-0.39, 0.29) is 0 Å². The zero-order valence-corrected chi connectivity index (χ0v) is 16.0. The maximum Gasteiger partial charge on any atom is 0.139 e. The highest BCUT2D eigenvalue weighted by molar-refractivity contribution is 5.95. The van der Waals surface area contributed by atoms with Crippen LogP contribution in [0.15, 0.2) is 12.4 Å². The predicted octanol–water partition coefficient (Wildman–Crippen LogP) is 2.85. The molecule has 2 aromatic heterocycles. The minimum absolute atomic E-state index is 0.335. The fourth-order valence-corrected chi connectivity index (χ4v) is 6.24. The molecule has 4 aliphatic rings. The van der Waals surface area contributed by atoms with Gasteiger partial charge in [-0.15, -0.1) is 0 Å². The van der Waals surface area contributed by atoms with Crippen molar-refractivity contribution < 1.29 is 5.11 Å². The molecule has 3 unspecified atom stereocenters. The minimum Gasteiger partial charge on any atom is -0.390 e. The molecule has 3 N–H and O–H groups in total. The first-order valence-electron chi connectivity index (χ1n) is 9.98. The van der Waals surface area contributed by atoms with Crippen LogP contribution in [0.5, 0.6) is 0 Å². The quantitative estimate of drug-likeness (QED) is 0.775. The Kier molecular flexibility index (Phi) is 3.75. The molecule has 4 aliphatic carbocycles. The molecule has 27 heavy (non-hydrogen) atoms. The summed E-state index contributed by atoms with van der Waals surface area (Å²) in [5, 5.41) is 25.4. The van der Waals surface area contributed by atoms with Gasteiger partial charge in [0.2, 0.25) is 0 Å². The van der Waals surface area contributed by atoms with Crippen molar-refractivity contribution >= 4 is 16.7 Å². The summed E-state index contributed by atoms with van der Waals surface area (Å²) in [6.07, 6.45) is 8.85. The van der Waals surface area contributed by atoms with Gasteiger partial charge in [-0.1, -0.05) is 0 Å². The van der Waals surface area contributed by atoms with Crippen molar-refractivity contribution in [3.63, 3.8) is 0 Å². The monoisotopic (exact) mass is 365 g/mol. The van der Waals surface area contributed by atoms with Crippen LogP contribution in [0.2, 0.25) is 0 Å². The zero-order chi connectivity index (χ0) is 18.8. The Morgan fingerprint density at radius 1 is 1.33 bits per heavy atom.